The quantitative estimate of drug-likeness (QED) is 0.180. The lowest BCUT2D eigenvalue weighted by Gasteiger charge is -2.12. The van der Waals surface area contributed by atoms with Gasteiger partial charge >= 0.3 is 0 Å². The molecule has 0 atom stereocenters. The minimum Gasteiger partial charge on any atom is -0.455 e. The number of benzene rings is 9. The van der Waals surface area contributed by atoms with Crippen molar-refractivity contribution in [2.75, 3.05) is 0 Å². The van der Waals surface area contributed by atoms with Crippen molar-refractivity contribution in [3.8, 4) is 34.0 Å². The van der Waals surface area contributed by atoms with Crippen LogP contribution in [0.5, 0.6) is 0 Å². The Morgan fingerprint density at radius 3 is 1.76 bits per heavy atom. The van der Waals surface area contributed by atoms with Crippen LogP contribution in [0.15, 0.2) is 199 Å². The van der Waals surface area contributed by atoms with Crippen LogP contribution in [0.25, 0.3) is 121 Å². The lowest BCUT2D eigenvalue weighted by atomic mass is 9.99. The second-order valence-electron chi connectivity index (χ2n) is 15.3. The fourth-order valence-corrected chi connectivity index (χ4v) is 9.50. The predicted molar refractivity (Wildman–Crippen MR) is 244 cm³/mol. The highest BCUT2D eigenvalue weighted by Gasteiger charge is 2.21. The van der Waals surface area contributed by atoms with E-state index in [9.17, 15) is 0 Å². The minimum absolute atomic E-state index is 0.628. The summed E-state index contributed by atoms with van der Waals surface area (Å²) in [4.78, 5) is 10.8. The number of para-hydroxylation sites is 4. The van der Waals surface area contributed by atoms with E-state index in [2.05, 4.69) is 203 Å². The van der Waals surface area contributed by atoms with Gasteiger partial charge in [-0.1, -0.05) is 127 Å². The molecule has 5 heteroatoms. The summed E-state index contributed by atoms with van der Waals surface area (Å²) in [5.41, 5.74) is 12.5. The van der Waals surface area contributed by atoms with Gasteiger partial charge in [0.05, 0.1) is 33.3 Å². The lowest BCUT2D eigenvalue weighted by Crippen LogP contribution is -2.03. The van der Waals surface area contributed by atoms with Gasteiger partial charge in [-0.3, -0.25) is 4.57 Å². The molecular weight excluding hydrogens is 721 g/mol. The number of hydrogen-bond acceptors (Lipinski definition) is 3. The van der Waals surface area contributed by atoms with Crippen LogP contribution in [0.4, 0.5) is 0 Å². The lowest BCUT2D eigenvalue weighted by molar-refractivity contribution is 0.673. The fourth-order valence-electron chi connectivity index (χ4n) is 9.50. The Balaban J connectivity index is 1.02. The van der Waals surface area contributed by atoms with E-state index in [4.69, 9.17) is 14.4 Å². The number of aromatic nitrogens is 4. The molecule has 9 aromatic carbocycles. The molecule has 0 aliphatic carbocycles. The van der Waals surface area contributed by atoms with E-state index in [-0.39, 0.29) is 0 Å². The van der Waals surface area contributed by atoms with Crippen LogP contribution >= 0.6 is 0 Å². The molecule has 59 heavy (non-hydrogen) atoms. The van der Waals surface area contributed by atoms with E-state index >= 15 is 0 Å². The Morgan fingerprint density at radius 1 is 0.390 bits per heavy atom. The van der Waals surface area contributed by atoms with E-state index in [0.717, 1.165) is 87.9 Å². The molecule has 0 bridgehead atoms. The topological polar surface area (TPSA) is 48.8 Å². The third-order valence-electron chi connectivity index (χ3n) is 12.1. The summed E-state index contributed by atoms with van der Waals surface area (Å²) in [6, 6.07) is 68.9. The van der Waals surface area contributed by atoms with Crippen molar-refractivity contribution in [3.63, 3.8) is 0 Å². The second kappa shape index (κ2) is 12.2. The summed E-state index contributed by atoms with van der Waals surface area (Å²) < 4.78 is 11.2. The second-order valence-corrected chi connectivity index (χ2v) is 15.3. The van der Waals surface area contributed by atoms with Crippen LogP contribution in [0.3, 0.4) is 0 Å². The Hall–Kier alpha value is -8.02. The van der Waals surface area contributed by atoms with Crippen LogP contribution in [0.2, 0.25) is 0 Å². The zero-order valence-corrected chi connectivity index (χ0v) is 31.7. The Labute approximate surface area is 337 Å². The summed E-state index contributed by atoms with van der Waals surface area (Å²) in [6.45, 7) is 0. The fraction of sp³-hybridized carbons (Fsp3) is 0. The van der Waals surface area contributed by atoms with Gasteiger partial charge in [0.2, 0.25) is 5.95 Å². The molecule has 0 aliphatic heterocycles. The Bertz CT molecular complexity index is 3850. The first-order chi connectivity index (χ1) is 29.3. The highest BCUT2D eigenvalue weighted by atomic mass is 16.3. The van der Waals surface area contributed by atoms with Gasteiger partial charge < -0.3 is 8.98 Å². The molecule has 4 aromatic heterocycles. The van der Waals surface area contributed by atoms with Gasteiger partial charge in [-0.2, -0.15) is 0 Å². The number of rotatable bonds is 4. The summed E-state index contributed by atoms with van der Waals surface area (Å²) in [5, 5.41) is 10.1. The zero-order valence-electron chi connectivity index (χ0n) is 31.7. The summed E-state index contributed by atoms with van der Waals surface area (Å²) in [6.07, 6.45) is 0. The zero-order chi connectivity index (χ0) is 38.6. The maximum absolute atomic E-state index is 6.62. The normalized spacial score (nSPS) is 12.1. The number of nitrogens with zero attached hydrogens (tertiary/aromatic N) is 4. The van der Waals surface area contributed by atoms with Gasteiger partial charge in [0.1, 0.15) is 11.2 Å². The van der Waals surface area contributed by atoms with Crippen molar-refractivity contribution in [3.05, 3.63) is 194 Å². The van der Waals surface area contributed by atoms with Gasteiger partial charge in [0.15, 0.2) is 0 Å². The molecule has 0 radical (unpaired) electrons. The molecule has 13 rings (SSSR count). The van der Waals surface area contributed by atoms with Crippen molar-refractivity contribution in [2.45, 2.75) is 0 Å². The van der Waals surface area contributed by atoms with Gasteiger partial charge in [-0.05, 0) is 83.2 Å². The average Bonchev–Trinajstić information content (AvgIpc) is 3.96. The van der Waals surface area contributed by atoms with Crippen molar-refractivity contribution in [1.29, 1.82) is 0 Å². The number of fused-ring (bicyclic) bond motifs is 12. The van der Waals surface area contributed by atoms with Crippen LogP contribution in [0, 0.1) is 0 Å². The van der Waals surface area contributed by atoms with Crippen molar-refractivity contribution < 1.29 is 4.42 Å². The van der Waals surface area contributed by atoms with E-state index in [0.29, 0.717) is 5.95 Å². The standard InChI is InChI=1S/C54H32N4O/c1-2-14-36(15-3-1)57-46-22-10-7-17-38(46)43-31-34(26-29-48(43)57)35-27-30-49-44(32-35)39-18-8-11-23-47(39)58(49)54-55-45-21-9-6-19-40(45)52(56-54)41-20-12-24-50-51(41)42-28-25-33-13-4-5-16-37(33)53(42)59-50/h1-32H. The third kappa shape index (κ3) is 4.67. The maximum Gasteiger partial charge on any atom is 0.235 e. The molecule has 0 unspecified atom stereocenters. The Kier molecular flexibility index (Phi) is 6.66. The summed E-state index contributed by atoms with van der Waals surface area (Å²) in [5.74, 6) is 0.628. The Morgan fingerprint density at radius 2 is 1.00 bits per heavy atom. The monoisotopic (exact) mass is 752 g/mol. The molecule has 274 valence electrons. The van der Waals surface area contributed by atoms with Crippen LogP contribution in [-0.4, -0.2) is 19.1 Å². The molecule has 4 heterocycles. The van der Waals surface area contributed by atoms with E-state index in [1.54, 1.807) is 0 Å². The molecule has 0 amide bonds. The molecule has 0 saturated heterocycles. The smallest absolute Gasteiger partial charge is 0.235 e. The first-order valence-electron chi connectivity index (χ1n) is 20.0. The largest absolute Gasteiger partial charge is 0.455 e. The molecule has 5 nitrogen and oxygen atoms in total. The minimum atomic E-state index is 0.628. The number of furan rings is 1. The highest BCUT2D eigenvalue weighted by molar-refractivity contribution is 6.20. The third-order valence-corrected chi connectivity index (χ3v) is 12.1. The van der Waals surface area contributed by atoms with Gasteiger partial charge in [0, 0.05) is 54.3 Å². The molecule has 0 saturated carbocycles. The summed E-state index contributed by atoms with van der Waals surface area (Å²) >= 11 is 0. The van der Waals surface area contributed by atoms with Crippen LogP contribution < -0.4 is 0 Å². The summed E-state index contributed by atoms with van der Waals surface area (Å²) in [7, 11) is 0. The van der Waals surface area contributed by atoms with E-state index in [1.807, 2.05) is 0 Å². The van der Waals surface area contributed by atoms with Gasteiger partial charge in [-0.15, -0.1) is 0 Å². The van der Waals surface area contributed by atoms with E-state index in [1.165, 1.54) is 27.4 Å². The first-order valence-corrected chi connectivity index (χ1v) is 20.0. The average molecular weight is 753 g/mol. The van der Waals surface area contributed by atoms with Crippen molar-refractivity contribution in [1.82, 2.24) is 19.1 Å². The van der Waals surface area contributed by atoms with Crippen molar-refractivity contribution >= 4 is 87.2 Å². The molecule has 0 N–H and O–H groups in total. The van der Waals surface area contributed by atoms with E-state index < -0.39 is 0 Å². The molecule has 0 aliphatic rings. The molecule has 13 aromatic rings. The predicted octanol–water partition coefficient (Wildman–Crippen LogP) is 14.2. The van der Waals surface area contributed by atoms with Crippen LogP contribution in [0.1, 0.15) is 0 Å². The molecule has 0 fully saturated rings. The molecular formula is C54H32N4O. The number of hydrogen-bond donors (Lipinski definition) is 0. The highest BCUT2D eigenvalue weighted by Crippen LogP contribution is 2.42. The first kappa shape index (κ1) is 32.1. The van der Waals surface area contributed by atoms with Gasteiger partial charge in [-0.25, -0.2) is 9.97 Å². The SMILES string of the molecule is c1ccc(-n2c3ccccc3c3cc(-c4ccc5c(c4)c4ccccc4n5-c4nc(-c5cccc6oc7c8ccccc8ccc7c56)c5ccccc5n4)ccc32)cc1. The maximum atomic E-state index is 6.62. The van der Waals surface area contributed by atoms with Crippen molar-refractivity contribution in [2.24, 2.45) is 0 Å². The molecule has 0 spiro atoms. The van der Waals surface area contributed by atoms with Crippen LogP contribution in [-0.2, 0) is 0 Å². The van der Waals surface area contributed by atoms with Gasteiger partial charge in [0.25, 0.3) is 0 Å².